The number of rotatable bonds is 12. The van der Waals surface area contributed by atoms with Crippen LogP contribution in [0.4, 0.5) is 17.1 Å². The highest BCUT2D eigenvalue weighted by atomic mass is 31.3. The first-order chi connectivity index (χ1) is 13.1. The van der Waals surface area contributed by atoms with Crippen LogP contribution in [0.5, 0.6) is 0 Å². The Kier molecular flexibility index (Phi) is 8.56. The number of nitro benzene ring substituents is 2. The van der Waals surface area contributed by atoms with Crippen LogP contribution >= 0.6 is 23.5 Å². The zero-order valence-electron chi connectivity index (χ0n) is 14.0. The highest BCUT2D eigenvalue weighted by molar-refractivity contribution is 7.66. The van der Waals surface area contributed by atoms with Crippen molar-refractivity contribution in [3.05, 3.63) is 38.4 Å². The van der Waals surface area contributed by atoms with E-state index in [9.17, 15) is 38.8 Å². The van der Waals surface area contributed by atoms with Gasteiger partial charge >= 0.3 is 23.5 Å². The van der Waals surface area contributed by atoms with E-state index in [1.807, 2.05) is 0 Å². The van der Waals surface area contributed by atoms with E-state index in [0.717, 1.165) is 18.2 Å². The molecule has 0 fully saturated rings. The fraction of sp³-hybridized carbons (Fsp3) is 0.333. The van der Waals surface area contributed by atoms with Gasteiger partial charge in [-0.25, -0.2) is 13.7 Å². The Hall–Kier alpha value is -1.77. The van der Waals surface area contributed by atoms with Crippen molar-refractivity contribution in [2.24, 2.45) is 0 Å². The van der Waals surface area contributed by atoms with Gasteiger partial charge in [-0.2, -0.15) is 8.62 Å². The summed E-state index contributed by atoms with van der Waals surface area (Å²) in [5, 5.41) is 24.2. The molecular weight excluding hydrogens is 467 g/mol. The number of nitrogens with zero attached hydrogens (tertiary/aromatic N) is 2. The summed E-state index contributed by atoms with van der Waals surface area (Å²) >= 11 is 0. The molecule has 29 heavy (non-hydrogen) atoms. The number of anilines is 1. The Balaban J connectivity index is 2.58. The van der Waals surface area contributed by atoms with Crippen molar-refractivity contribution in [1.29, 1.82) is 0 Å². The molecule has 0 aliphatic carbocycles. The van der Waals surface area contributed by atoms with Gasteiger partial charge in [0.05, 0.1) is 22.5 Å². The molecule has 2 atom stereocenters. The molecule has 0 spiro atoms. The number of phosphoric acid groups is 3. The average molecular weight is 481 g/mol. The largest absolute Gasteiger partial charge is 0.490 e. The molecule has 0 saturated heterocycles. The summed E-state index contributed by atoms with van der Waals surface area (Å²) in [6.07, 6.45) is -0.114. The lowest BCUT2D eigenvalue weighted by atomic mass is 10.2. The maximum atomic E-state index is 11.5. The summed E-state index contributed by atoms with van der Waals surface area (Å²) < 4.78 is 44.4. The fourth-order valence-corrected chi connectivity index (χ4v) is 4.77. The van der Waals surface area contributed by atoms with Crippen molar-refractivity contribution < 1.29 is 56.3 Å². The van der Waals surface area contributed by atoms with Crippen molar-refractivity contribution in [2.45, 2.75) is 6.42 Å². The Bertz CT molecular complexity index is 915. The monoisotopic (exact) mass is 481 g/mol. The van der Waals surface area contributed by atoms with Crippen LogP contribution in [-0.2, 0) is 26.8 Å². The van der Waals surface area contributed by atoms with Crippen LogP contribution in [0.15, 0.2) is 18.2 Å². The summed E-state index contributed by atoms with van der Waals surface area (Å²) in [4.78, 5) is 54.9. The molecule has 1 aromatic rings. The third kappa shape index (κ3) is 9.51. The zero-order chi connectivity index (χ0) is 22.5. The number of nitro groups is 2. The van der Waals surface area contributed by atoms with Gasteiger partial charge < -0.3 is 24.9 Å². The van der Waals surface area contributed by atoms with Gasteiger partial charge in [0.25, 0.3) is 11.4 Å². The van der Waals surface area contributed by atoms with Crippen molar-refractivity contribution in [1.82, 2.24) is 0 Å². The third-order valence-corrected chi connectivity index (χ3v) is 6.53. The molecule has 1 rings (SSSR count). The molecule has 0 aliphatic rings. The molecule has 1 aromatic carbocycles. The van der Waals surface area contributed by atoms with Gasteiger partial charge in [0, 0.05) is 12.6 Å². The minimum absolute atomic E-state index is 0.0843. The summed E-state index contributed by atoms with van der Waals surface area (Å²) in [6.45, 7) is -0.702. The van der Waals surface area contributed by atoms with Crippen LogP contribution in [-0.4, -0.2) is 42.6 Å². The van der Waals surface area contributed by atoms with Crippen molar-refractivity contribution in [3.8, 4) is 0 Å². The minimum Gasteiger partial charge on any atom is -0.379 e. The van der Waals surface area contributed by atoms with Crippen molar-refractivity contribution in [3.63, 3.8) is 0 Å². The first kappa shape index (κ1) is 25.3. The number of hydrogen-bond acceptors (Lipinski definition) is 11. The second-order valence-corrected chi connectivity index (χ2v) is 9.34. The standard InChI is InChI=1S/C9H14N3O14P3/c13-11(14)7-2-3-8(9(6-7)12(15)16)10-4-1-5-24-28(20,21)26-29(22,23)25-27(17,18)19/h2-3,6,10H,1,4-5H2,(H,20,21)(H,22,23)(H2,17,18,19). The molecule has 5 N–H and O–H groups in total. The second kappa shape index (κ2) is 9.82. The summed E-state index contributed by atoms with van der Waals surface area (Å²) in [5.74, 6) is 0. The number of nitrogens with one attached hydrogen (secondary N) is 1. The van der Waals surface area contributed by atoms with Gasteiger partial charge in [0.15, 0.2) is 0 Å². The Morgan fingerprint density at radius 2 is 1.59 bits per heavy atom. The second-order valence-electron chi connectivity index (χ2n) is 4.92. The van der Waals surface area contributed by atoms with Gasteiger partial charge in [-0.1, -0.05) is 0 Å². The Morgan fingerprint density at radius 1 is 0.966 bits per heavy atom. The number of non-ortho nitro benzene ring substituents is 1. The van der Waals surface area contributed by atoms with Gasteiger partial charge in [0.2, 0.25) is 0 Å². The zero-order valence-corrected chi connectivity index (χ0v) is 16.6. The molecule has 0 saturated carbocycles. The topological polar surface area (TPSA) is 258 Å². The first-order valence-electron chi connectivity index (χ1n) is 7.07. The lowest BCUT2D eigenvalue weighted by Gasteiger charge is -2.16. The van der Waals surface area contributed by atoms with E-state index in [2.05, 4.69) is 18.5 Å². The molecule has 0 bridgehead atoms. The molecule has 20 heteroatoms. The normalized spacial score (nSPS) is 15.9. The molecule has 164 valence electrons. The lowest BCUT2D eigenvalue weighted by Crippen LogP contribution is -2.07. The number of benzene rings is 1. The van der Waals surface area contributed by atoms with E-state index in [4.69, 9.17) is 14.7 Å². The van der Waals surface area contributed by atoms with Crippen LogP contribution in [0.3, 0.4) is 0 Å². The molecule has 0 heterocycles. The van der Waals surface area contributed by atoms with E-state index in [0.29, 0.717) is 0 Å². The van der Waals surface area contributed by atoms with Crippen LogP contribution in [0.2, 0.25) is 0 Å². The SMILES string of the molecule is O=[N+]([O-])c1ccc(NCCCOP(=O)(O)OP(=O)(O)OP(=O)(O)O)c([N+](=O)[O-])c1. The summed E-state index contributed by atoms with van der Waals surface area (Å²) in [5.41, 5.74) is -1.18. The maximum absolute atomic E-state index is 11.5. The van der Waals surface area contributed by atoms with Gasteiger partial charge in [-0.05, 0) is 12.5 Å². The molecule has 0 aliphatic heterocycles. The van der Waals surface area contributed by atoms with Crippen LogP contribution < -0.4 is 5.32 Å². The van der Waals surface area contributed by atoms with E-state index in [-0.39, 0.29) is 18.7 Å². The van der Waals surface area contributed by atoms with E-state index in [1.165, 1.54) is 0 Å². The van der Waals surface area contributed by atoms with Gasteiger partial charge in [-0.15, -0.1) is 0 Å². The molecule has 0 aromatic heterocycles. The summed E-state index contributed by atoms with van der Waals surface area (Å²) in [7, 11) is -16.4. The molecule has 0 radical (unpaired) electrons. The Morgan fingerprint density at radius 3 is 2.10 bits per heavy atom. The van der Waals surface area contributed by atoms with Crippen molar-refractivity contribution >= 4 is 40.5 Å². The predicted octanol–water partition coefficient (Wildman–Crippen LogP) is 1.65. The Labute approximate surface area is 161 Å². The van der Waals surface area contributed by atoms with Crippen LogP contribution in [0.1, 0.15) is 6.42 Å². The highest BCUT2D eigenvalue weighted by Crippen LogP contribution is 2.66. The average Bonchev–Trinajstić information content (AvgIpc) is 2.50. The number of hydrogen-bond donors (Lipinski definition) is 5. The predicted molar refractivity (Wildman–Crippen MR) is 92.7 cm³/mol. The number of phosphoric ester groups is 1. The van der Waals surface area contributed by atoms with Crippen LogP contribution in [0, 0.1) is 20.2 Å². The minimum atomic E-state index is -5.62. The highest BCUT2D eigenvalue weighted by Gasteiger charge is 2.40. The molecule has 17 nitrogen and oxygen atoms in total. The maximum Gasteiger partial charge on any atom is 0.490 e. The van der Waals surface area contributed by atoms with E-state index in [1.54, 1.807) is 0 Å². The smallest absolute Gasteiger partial charge is 0.379 e. The van der Waals surface area contributed by atoms with Crippen LogP contribution in [0.25, 0.3) is 0 Å². The van der Waals surface area contributed by atoms with Crippen molar-refractivity contribution in [2.75, 3.05) is 18.5 Å². The summed E-state index contributed by atoms with van der Waals surface area (Å²) in [6, 6.07) is 2.83. The lowest BCUT2D eigenvalue weighted by molar-refractivity contribution is -0.393. The van der Waals surface area contributed by atoms with E-state index < -0.39 is 51.3 Å². The van der Waals surface area contributed by atoms with Gasteiger partial charge in [0.1, 0.15) is 5.69 Å². The quantitative estimate of drug-likeness (QED) is 0.123. The molecule has 2 unspecified atom stereocenters. The molecular formula is C9H14N3O14P3. The first-order valence-corrected chi connectivity index (χ1v) is 11.6. The third-order valence-electron chi connectivity index (χ3n) is 2.70. The van der Waals surface area contributed by atoms with Gasteiger partial charge in [-0.3, -0.25) is 24.8 Å². The van der Waals surface area contributed by atoms with E-state index >= 15 is 0 Å². The fourth-order valence-electron chi connectivity index (χ4n) is 1.71. The molecule has 0 amide bonds.